The van der Waals surface area contributed by atoms with Crippen molar-refractivity contribution in [3.63, 3.8) is 0 Å². The number of hydrogen-bond acceptors (Lipinski definition) is 4. The number of morpholine rings is 1. The Morgan fingerprint density at radius 1 is 0.958 bits per heavy atom. The summed E-state index contributed by atoms with van der Waals surface area (Å²) < 4.78 is 5.40. The zero-order valence-corrected chi connectivity index (χ0v) is 14.9. The molecule has 1 atom stereocenters. The number of ether oxygens (including phenoxy) is 1. The molecule has 24 heavy (non-hydrogen) atoms. The molecule has 0 aromatic rings. The number of hydrogen-bond donors (Lipinski definition) is 0. The number of rotatable bonds is 4. The van der Waals surface area contributed by atoms with Crippen LogP contribution >= 0.6 is 0 Å². The van der Waals surface area contributed by atoms with Crippen LogP contribution in [0.1, 0.15) is 39.0 Å². The monoisotopic (exact) mass is 337 g/mol. The molecule has 0 radical (unpaired) electrons. The zero-order chi connectivity index (χ0) is 16.9. The van der Waals surface area contributed by atoms with Crippen molar-refractivity contribution in [1.29, 1.82) is 0 Å². The Bertz CT molecular complexity index is 437. The average Bonchev–Trinajstić information content (AvgIpc) is 3.16. The van der Waals surface area contributed by atoms with E-state index >= 15 is 0 Å². The second-order valence-electron chi connectivity index (χ2n) is 7.20. The highest BCUT2D eigenvalue weighted by molar-refractivity contribution is 5.82. The largest absolute Gasteiger partial charge is 0.378 e. The normalized spacial score (nSPS) is 25.0. The molecule has 0 bridgehead atoms. The van der Waals surface area contributed by atoms with E-state index in [-0.39, 0.29) is 11.9 Å². The highest BCUT2D eigenvalue weighted by Gasteiger charge is 2.39. The molecule has 0 spiro atoms. The third kappa shape index (κ3) is 3.91. The molecular weight excluding hydrogens is 306 g/mol. The highest BCUT2D eigenvalue weighted by atomic mass is 16.5. The minimum atomic E-state index is 0.00415. The Kier molecular flexibility index (Phi) is 6.11. The van der Waals surface area contributed by atoms with Crippen molar-refractivity contribution in [3.05, 3.63) is 0 Å². The molecule has 3 fully saturated rings. The van der Waals surface area contributed by atoms with Crippen molar-refractivity contribution >= 4 is 11.8 Å². The first kappa shape index (κ1) is 17.7. The Hall–Kier alpha value is -1.14. The molecule has 3 aliphatic rings. The van der Waals surface area contributed by atoms with Gasteiger partial charge in [-0.1, -0.05) is 19.8 Å². The molecule has 1 aliphatic carbocycles. The van der Waals surface area contributed by atoms with E-state index in [0.29, 0.717) is 31.5 Å². The van der Waals surface area contributed by atoms with Gasteiger partial charge in [-0.15, -0.1) is 0 Å². The highest BCUT2D eigenvalue weighted by Crippen LogP contribution is 2.32. The van der Waals surface area contributed by atoms with Gasteiger partial charge in [0.2, 0.25) is 11.8 Å². The topological polar surface area (TPSA) is 53.1 Å². The van der Waals surface area contributed by atoms with Gasteiger partial charge in [0.1, 0.15) is 0 Å². The number of nitrogens with zero attached hydrogens (tertiary/aromatic N) is 3. The predicted octanol–water partition coefficient (Wildman–Crippen LogP) is 0.958. The lowest BCUT2D eigenvalue weighted by molar-refractivity contribution is -0.145. The van der Waals surface area contributed by atoms with Crippen LogP contribution < -0.4 is 0 Å². The van der Waals surface area contributed by atoms with Crippen molar-refractivity contribution in [2.24, 2.45) is 5.92 Å². The van der Waals surface area contributed by atoms with Gasteiger partial charge in [-0.3, -0.25) is 14.5 Å². The molecular formula is C18H31N3O3. The fraction of sp³-hybridized carbons (Fsp3) is 0.889. The summed E-state index contributed by atoms with van der Waals surface area (Å²) in [6.45, 7) is 7.82. The summed E-state index contributed by atoms with van der Waals surface area (Å²) in [5.74, 6) is 1.00. The van der Waals surface area contributed by atoms with Crippen LogP contribution in [0.4, 0.5) is 0 Å². The molecule has 6 heteroatoms. The molecule has 0 N–H and O–H groups in total. The van der Waals surface area contributed by atoms with Crippen molar-refractivity contribution < 1.29 is 14.3 Å². The summed E-state index contributed by atoms with van der Waals surface area (Å²) in [4.78, 5) is 31.4. The standard InChI is InChI=1S/C18H31N3O3/c1-2-16(22)19-7-9-20(10-8-19)17(15-5-3-4-6-15)18(23)21-11-13-24-14-12-21/h15,17H,2-14H2,1H3. The lowest BCUT2D eigenvalue weighted by Crippen LogP contribution is -2.59. The van der Waals surface area contributed by atoms with E-state index in [4.69, 9.17) is 4.74 Å². The third-order valence-electron chi connectivity index (χ3n) is 5.78. The van der Waals surface area contributed by atoms with Gasteiger partial charge in [0, 0.05) is 45.7 Å². The number of piperazine rings is 1. The first-order chi connectivity index (χ1) is 11.7. The third-order valence-corrected chi connectivity index (χ3v) is 5.78. The van der Waals surface area contributed by atoms with Gasteiger partial charge in [-0.25, -0.2) is 0 Å². The smallest absolute Gasteiger partial charge is 0.240 e. The van der Waals surface area contributed by atoms with Crippen molar-refractivity contribution in [1.82, 2.24) is 14.7 Å². The number of carbonyl (C=O) groups excluding carboxylic acids is 2. The lowest BCUT2D eigenvalue weighted by atomic mass is 9.94. The maximum absolute atomic E-state index is 13.2. The van der Waals surface area contributed by atoms with Gasteiger partial charge in [-0.05, 0) is 18.8 Å². The van der Waals surface area contributed by atoms with Crippen LogP contribution in [0.3, 0.4) is 0 Å². The van der Waals surface area contributed by atoms with Crippen molar-refractivity contribution in [2.75, 3.05) is 52.5 Å². The fourth-order valence-electron chi connectivity index (χ4n) is 4.37. The van der Waals surface area contributed by atoms with E-state index < -0.39 is 0 Å². The van der Waals surface area contributed by atoms with Crippen LogP contribution in [0.2, 0.25) is 0 Å². The fourth-order valence-corrected chi connectivity index (χ4v) is 4.37. The molecule has 0 aromatic heterocycles. The van der Waals surface area contributed by atoms with E-state index in [1.54, 1.807) is 0 Å². The first-order valence-electron chi connectivity index (χ1n) is 9.59. The van der Waals surface area contributed by atoms with Gasteiger partial charge < -0.3 is 14.5 Å². The minimum absolute atomic E-state index is 0.00415. The Morgan fingerprint density at radius 3 is 2.17 bits per heavy atom. The van der Waals surface area contributed by atoms with Crippen LogP contribution in [-0.4, -0.2) is 85.0 Å². The lowest BCUT2D eigenvalue weighted by Gasteiger charge is -2.43. The average molecular weight is 337 g/mol. The minimum Gasteiger partial charge on any atom is -0.378 e. The van der Waals surface area contributed by atoms with Gasteiger partial charge in [0.05, 0.1) is 19.3 Å². The Balaban J connectivity index is 1.66. The second-order valence-corrected chi connectivity index (χ2v) is 7.20. The molecule has 2 aliphatic heterocycles. The molecule has 3 rings (SSSR count). The maximum atomic E-state index is 13.2. The molecule has 2 saturated heterocycles. The van der Waals surface area contributed by atoms with Gasteiger partial charge in [-0.2, -0.15) is 0 Å². The summed E-state index contributed by atoms with van der Waals surface area (Å²) in [6, 6.07) is 0.00415. The number of carbonyl (C=O) groups is 2. The first-order valence-corrected chi connectivity index (χ1v) is 9.59. The molecule has 2 heterocycles. The van der Waals surface area contributed by atoms with Gasteiger partial charge >= 0.3 is 0 Å². The molecule has 1 saturated carbocycles. The number of amides is 2. The van der Waals surface area contributed by atoms with Crippen molar-refractivity contribution in [3.8, 4) is 0 Å². The van der Waals surface area contributed by atoms with Gasteiger partial charge in [0.25, 0.3) is 0 Å². The summed E-state index contributed by atoms with van der Waals surface area (Å²) in [5.41, 5.74) is 0. The Labute approximate surface area is 145 Å². The van der Waals surface area contributed by atoms with Crippen LogP contribution in [0.15, 0.2) is 0 Å². The Morgan fingerprint density at radius 2 is 1.58 bits per heavy atom. The van der Waals surface area contributed by atoms with Gasteiger partial charge in [0.15, 0.2) is 0 Å². The van der Waals surface area contributed by atoms with Crippen LogP contribution in [-0.2, 0) is 14.3 Å². The van der Waals surface area contributed by atoms with E-state index in [9.17, 15) is 9.59 Å². The molecule has 1 unspecified atom stereocenters. The second kappa shape index (κ2) is 8.30. The predicted molar refractivity (Wildman–Crippen MR) is 91.6 cm³/mol. The van der Waals surface area contributed by atoms with E-state index in [1.807, 2.05) is 16.7 Å². The van der Waals surface area contributed by atoms with E-state index in [2.05, 4.69) is 4.90 Å². The van der Waals surface area contributed by atoms with Crippen LogP contribution in [0.5, 0.6) is 0 Å². The summed E-state index contributed by atoms with van der Waals surface area (Å²) in [7, 11) is 0. The van der Waals surface area contributed by atoms with Crippen molar-refractivity contribution in [2.45, 2.75) is 45.1 Å². The SMILES string of the molecule is CCC(=O)N1CCN(C(C(=O)N2CCOCC2)C2CCCC2)CC1. The summed E-state index contributed by atoms with van der Waals surface area (Å²) in [6.07, 6.45) is 5.38. The quantitative estimate of drug-likeness (QED) is 0.767. The van der Waals surface area contributed by atoms with E-state index in [1.165, 1.54) is 12.8 Å². The molecule has 0 aromatic carbocycles. The molecule has 2 amide bonds. The zero-order valence-electron chi connectivity index (χ0n) is 14.9. The molecule has 6 nitrogen and oxygen atoms in total. The molecule has 136 valence electrons. The summed E-state index contributed by atoms with van der Waals surface area (Å²) >= 11 is 0. The maximum Gasteiger partial charge on any atom is 0.240 e. The van der Waals surface area contributed by atoms with E-state index in [0.717, 1.165) is 52.1 Å². The van der Waals surface area contributed by atoms with Crippen LogP contribution in [0, 0.1) is 5.92 Å². The van der Waals surface area contributed by atoms with Crippen LogP contribution in [0.25, 0.3) is 0 Å². The summed E-state index contributed by atoms with van der Waals surface area (Å²) in [5, 5.41) is 0.